The molecular weight excluding hydrogens is 423 g/mol. The fraction of sp³-hybridized carbons (Fsp3) is 0.579. The molecule has 3 N–H and O–H groups in total. The number of carbonyl (C=O) groups excluding carboxylic acids is 2. The number of benzene rings is 1. The third-order valence-corrected chi connectivity index (χ3v) is 6.15. The summed E-state index contributed by atoms with van der Waals surface area (Å²) in [5.41, 5.74) is 6.46. The van der Waals surface area contributed by atoms with Crippen LogP contribution in [0.2, 0.25) is 0 Å². The summed E-state index contributed by atoms with van der Waals surface area (Å²) in [4.78, 5) is 26.3. The predicted molar refractivity (Wildman–Crippen MR) is 106 cm³/mol. The molecule has 7 nitrogen and oxygen atoms in total. The lowest BCUT2D eigenvalue weighted by Gasteiger charge is -2.32. The predicted octanol–water partition coefficient (Wildman–Crippen LogP) is 3.55. The van der Waals surface area contributed by atoms with E-state index in [9.17, 15) is 22.8 Å². The number of ether oxygens (including phenoxy) is 2. The first-order valence-electron chi connectivity index (χ1n) is 9.67. The number of nitrogens with two attached hydrogens (primary N) is 1. The Bertz CT molecular complexity index is 734. The summed E-state index contributed by atoms with van der Waals surface area (Å²) in [6.45, 7) is 0.735. The number of carbonyl (C=O) groups is 2. The van der Waals surface area contributed by atoms with Crippen LogP contribution in [0.1, 0.15) is 25.7 Å². The van der Waals surface area contributed by atoms with Crippen LogP contribution in [0.25, 0.3) is 0 Å². The number of thioether (sulfide) groups is 1. The molecule has 2 aliphatic rings. The van der Waals surface area contributed by atoms with Crippen molar-refractivity contribution in [3.63, 3.8) is 0 Å². The molecular formula is C19H24F3N3O4S. The Kier molecular flexibility index (Phi) is 7.35. The second kappa shape index (κ2) is 9.78. The van der Waals surface area contributed by atoms with Crippen molar-refractivity contribution in [3.05, 3.63) is 24.3 Å². The Morgan fingerprint density at radius 1 is 1.17 bits per heavy atom. The third-order valence-electron chi connectivity index (χ3n) is 5.18. The fourth-order valence-electron chi connectivity index (χ4n) is 3.60. The quantitative estimate of drug-likeness (QED) is 0.717. The lowest BCUT2D eigenvalue weighted by atomic mass is 9.82. The largest absolute Gasteiger partial charge is 0.573 e. The Labute approximate surface area is 176 Å². The van der Waals surface area contributed by atoms with Crippen LogP contribution in [0.4, 0.5) is 23.7 Å². The van der Waals surface area contributed by atoms with E-state index < -0.39 is 18.5 Å². The summed E-state index contributed by atoms with van der Waals surface area (Å²) in [5, 5.41) is 2.48. The van der Waals surface area contributed by atoms with E-state index in [1.165, 1.54) is 12.1 Å². The van der Waals surface area contributed by atoms with Crippen molar-refractivity contribution in [2.75, 3.05) is 23.5 Å². The molecule has 1 unspecified atom stereocenters. The van der Waals surface area contributed by atoms with E-state index in [2.05, 4.69) is 10.1 Å². The number of anilines is 1. The Morgan fingerprint density at radius 3 is 2.40 bits per heavy atom. The second-order valence-corrected chi connectivity index (χ2v) is 8.38. The Hall–Kier alpha value is -2.14. The van der Waals surface area contributed by atoms with Gasteiger partial charge in [0.05, 0.1) is 11.9 Å². The van der Waals surface area contributed by atoms with Gasteiger partial charge in [0.15, 0.2) is 0 Å². The zero-order chi connectivity index (χ0) is 21.7. The molecule has 1 aromatic carbocycles. The van der Waals surface area contributed by atoms with Crippen LogP contribution in [0.15, 0.2) is 24.3 Å². The number of hydrogen-bond donors (Lipinski definition) is 2. The van der Waals surface area contributed by atoms with Gasteiger partial charge in [0, 0.05) is 18.0 Å². The first-order chi connectivity index (χ1) is 14.2. The molecule has 1 aliphatic carbocycles. The van der Waals surface area contributed by atoms with E-state index in [0.717, 1.165) is 24.4 Å². The standard InChI is InChI=1S/C19H24F3N3O4S/c20-19(21,22)29-15-7-3-13(4-8-15)24-18(27)28-14-5-1-12(2-6-14)16(23)17(26)25-9-10-30-11-25/h3-4,7-8,12,14,16H,1-2,5-6,9-11,23H2,(H,24,27). The number of nitrogens with zero attached hydrogens (tertiary/aromatic N) is 1. The van der Waals surface area contributed by atoms with Gasteiger partial charge in [0.25, 0.3) is 0 Å². The molecule has 0 radical (unpaired) electrons. The first kappa shape index (κ1) is 22.5. The maximum atomic E-state index is 12.4. The zero-order valence-electron chi connectivity index (χ0n) is 16.2. The molecule has 0 bridgehead atoms. The van der Waals surface area contributed by atoms with Crippen molar-refractivity contribution in [1.29, 1.82) is 0 Å². The molecule has 0 spiro atoms. The molecule has 1 saturated heterocycles. The van der Waals surface area contributed by atoms with Crippen molar-refractivity contribution in [2.45, 2.75) is 44.2 Å². The molecule has 30 heavy (non-hydrogen) atoms. The highest BCUT2D eigenvalue weighted by atomic mass is 32.2. The molecule has 11 heteroatoms. The van der Waals surface area contributed by atoms with E-state index in [0.29, 0.717) is 37.2 Å². The molecule has 2 amide bonds. The van der Waals surface area contributed by atoms with Crippen molar-refractivity contribution >= 4 is 29.4 Å². The van der Waals surface area contributed by atoms with Crippen molar-refractivity contribution < 1.29 is 32.2 Å². The van der Waals surface area contributed by atoms with E-state index in [-0.39, 0.29) is 23.7 Å². The fourth-order valence-corrected chi connectivity index (χ4v) is 4.56. The van der Waals surface area contributed by atoms with Crippen LogP contribution in [0.5, 0.6) is 5.75 Å². The smallest absolute Gasteiger partial charge is 0.446 e. The first-order valence-corrected chi connectivity index (χ1v) is 10.8. The summed E-state index contributed by atoms with van der Waals surface area (Å²) >= 11 is 1.71. The number of rotatable bonds is 5. The zero-order valence-corrected chi connectivity index (χ0v) is 17.0. The molecule has 1 saturated carbocycles. The van der Waals surface area contributed by atoms with Crippen molar-refractivity contribution in [1.82, 2.24) is 4.90 Å². The van der Waals surface area contributed by atoms with Crippen LogP contribution in [0.3, 0.4) is 0 Å². The van der Waals surface area contributed by atoms with Gasteiger partial charge in [-0.15, -0.1) is 24.9 Å². The normalized spacial score (nSPS) is 23.0. The minimum Gasteiger partial charge on any atom is -0.446 e. The molecule has 1 heterocycles. The van der Waals surface area contributed by atoms with Gasteiger partial charge >= 0.3 is 12.5 Å². The molecule has 1 aliphatic heterocycles. The highest BCUT2D eigenvalue weighted by Gasteiger charge is 2.34. The molecule has 1 atom stereocenters. The second-order valence-electron chi connectivity index (χ2n) is 7.30. The average molecular weight is 447 g/mol. The molecule has 166 valence electrons. The SMILES string of the molecule is NC(C(=O)N1CCSC1)C1CCC(OC(=O)Nc2ccc(OC(F)(F)F)cc2)CC1. The van der Waals surface area contributed by atoms with Gasteiger partial charge in [-0.2, -0.15) is 0 Å². The number of alkyl halides is 3. The van der Waals surface area contributed by atoms with E-state index in [1.54, 1.807) is 16.7 Å². The molecule has 2 fully saturated rings. The topological polar surface area (TPSA) is 93.9 Å². The maximum absolute atomic E-state index is 12.4. The van der Waals surface area contributed by atoms with E-state index in [1.807, 2.05) is 0 Å². The maximum Gasteiger partial charge on any atom is 0.573 e. The number of halogens is 3. The van der Waals surface area contributed by atoms with Gasteiger partial charge in [-0.3, -0.25) is 10.1 Å². The molecule has 1 aromatic rings. The van der Waals surface area contributed by atoms with Crippen LogP contribution in [-0.4, -0.2) is 53.6 Å². The lowest BCUT2D eigenvalue weighted by molar-refractivity contribution is -0.274. The van der Waals surface area contributed by atoms with Crippen LogP contribution in [0, 0.1) is 5.92 Å². The summed E-state index contributed by atoms with van der Waals surface area (Å²) < 4.78 is 45.7. The molecule has 0 aromatic heterocycles. The van der Waals surface area contributed by atoms with Gasteiger partial charge in [-0.05, 0) is 55.9 Å². The van der Waals surface area contributed by atoms with Crippen molar-refractivity contribution in [3.8, 4) is 5.75 Å². The Morgan fingerprint density at radius 2 is 1.83 bits per heavy atom. The summed E-state index contributed by atoms with van der Waals surface area (Å²) in [6, 6.07) is 4.26. The molecule has 3 rings (SSSR count). The van der Waals surface area contributed by atoms with Crippen molar-refractivity contribution in [2.24, 2.45) is 11.7 Å². The van der Waals surface area contributed by atoms with Gasteiger partial charge in [0.2, 0.25) is 5.91 Å². The summed E-state index contributed by atoms with van der Waals surface area (Å²) in [6.07, 6.45) is -3.16. The summed E-state index contributed by atoms with van der Waals surface area (Å²) in [5.74, 6) is 1.30. The minimum absolute atomic E-state index is 0.0138. The number of nitrogens with one attached hydrogen (secondary N) is 1. The van der Waals surface area contributed by atoms with Crippen LogP contribution < -0.4 is 15.8 Å². The highest BCUT2D eigenvalue weighted by Crippen LogP contribution is 2.30. The highest BCUT2D eigenvalue weighted by molar-refractivity contribution is 7.99. The van der Waals surface area contributed by atoms with Gasteiger partial charge in [0.1, 0.15) is 11.9 Å². The third kappa shape index (κ3) is 6.43. The lowest BCUT2D eigenvalue weighted by Crippen LogP contribution is -2.48. The van der Waals surface area contributed by atoms with Gasteiger partial charge < -0.3 is 20.1 Å². The minimum atomic E-state index is -4.77. The van der Waals surface area contributed by atoms with E-state index in [4.69, 9.17) is 10.5 Å². The van der Waals surface area contributed by atoms with Crippen LogP contribution >= 0.6 is 11.8 Å². The van der Waals surface area contributed by atoms with Gasteiger partial charge in [-0.25, -0.2) is 4.79 Å². The Balaban J connectivity index is 1.41. The number of amides is 2. The van der Waals surface area contributed by atoms with Crippen LogP contribution in [-0.2, 0) is 9.53 Å². The average Bonchev–Trinajstić information content (AvgIpc) is 3.22. The monoisotopic (exact) mass is 447 g/mol. The van der Waals surface area contributed by atoms with E-state index >= 15 is 0 Å². The summed E-state index contributed by atoms with van der Waals surface area (Å²) in [7, 11) is 0. The van der Waals surface area contributed by atoms with Gasteiger partial charge in [-0.1, -0.05) is 0 Å². The number of hydrogen-bond acceptors (Lipinski definition) is 6.